The molecule has 2 aromatic rings. The minimum Gasteiger partial charge on any atom is -0.494 e. The van der Waals surface area contributed by atoms with E-state index in [0.29, 0.717) is 19.1 Å². The van der Waals surface area contributed by atoms with Crippen molar-refractivity contribution >= 4 is 28.5 Å². The highest BCUT2D eigenvalue weighted by atomic mass is 32.2. The fourth-order valence-electron chi connectivity index (χ4n) is 2.60. The van der Waals surface area contributed by atoms with E-state index in [-0.39, 0.29) is 0 Å². The number of ether oxygens (including phenoxy) is 1. The van der Waals surface area contributed by atoms with Crippen LogP contribution >= 0.6 is 11.8 Å². The number of hydrogen-bond acceptors (Lipinski definition) is 3. The molecule has 1 heterocycles. The Morgan fingerprint density at radius 3 is 2.74 bits per heavy atom. The molecule has 1 saturated heterocycles. The van der Waals surface area contributed by atoms with Crippen molar-refractivity contribution in [1.82, 2.24) is 4.90 Å². The Hall–Kier alpha value is -1.88. The van der Waals surface area contributed by atoms with E-state index < -0.39 is 0 Å². The van der Waals surface area contributed by atoms with Crippen LogP contribution in [0.4, 0.5) is 0 Å². The second-order valence-electron chi connectivity index (χ2n) is 5.55. The molecule has 1 aliphatic rings. The van der Waals surface area contributed by atoms with Gasteiger partial charge in [-0.1, -0.05) is 30.3 Å². The summed E-state index contributed by atoms with van der Waals surface area (Å²) in [4.78, 5) is 6.63. The zero-order valence-electron chi connectivity index (χ0n) is 13.3. The number of nitrogens with two attached hydrogens (primary N) is 1. The van der Waals surface area contributed by atoms with Gasteiger partial charge in [-0.3, -0.25) is 4.99 Å². The van der Waals surface area contributed by atoms with Gasteiger partial charge in [0.15, 0.2) is 5.96 Å². The molecule has 1 aliphatic heterocycles. The molecule has 2 aromatic carbocycles. The van der Waals surface area contributed by atoms with E-state index in [0.717, 1.165) is 36.8 Å². The van der Waals surface area contributed by atoms with Gasteiger partial charge in [-0.25, -0.2) is 0 Å². The fourth-order valence-corrected chi connectivity index (χ4v) is 3.50. The summed E-state index contributed by atoms with van der Waals surface area (Å²) in [5.41, 5.74) is 6.03. The first kappa shape index (κ1) is 16.0. The van der Waals surface area contributed by atoms with Gasteiger partial charge in [-0.05, 0) is 22.9 Å². The van der Waals surface area contributed by atoms with E-state index in [2.05, 4.69) is 34.2 Å². The Balaban J connectivity index is 1.43. The molecule has 3 rings (SSSR count). The zero-order chi connectivity index (χ0) is 15.9. The second kappa shape index (κ2) is 8.11. The van der Waals surface area contributed by atoms with Crippen LogP contribution in [0.1, 0.15) is 6.42 Å². The number of hydrogen-bond donors (Lipinski definition) is 1. The summed E-state index contributed by atoms with van der Waals surface area (Å²) in [7, 11) is 0. The molecule has 0 aromatic heterocycles. The van der Waals surface area contributed by atoms with Gasteiger partial charge in [0.1, 0.15) is 5.75 Å². The first-order chi connectivity index (χ1) is 11.3. The molecule has 122 valence electrons. The predicted molar refractivity (Wildman–Crippen MR) is 99.4 cm³/mol. The van der Waals surface area contributed by atoms with Crippen LogP contribution in [0.25, 0.3) is 10.8 Å². The summed E-state index contributed by atoms with van der Waals surface area (Å²) in [6, 6.07) is 14.5. The maximum atomic E-state index is 6.03. The Labute approximate surface area is 141 Å². The predicted octanol–water partition coefficient (Wildman–Crippen LogP) is 2.97. The third-order valence-electron chi connectivity index (χ3n) is 3.90. The molecule has 0 aliphatic carbocycles. The first-order valence-corrected chi connectivity index (χ1v) is 9.22. The molecule has 1 fully saturated rings. The number of rotatable bonds is 5. The maximum absolute atomic E-state index is 6.03. The number of benzene rings is 2. The first-order valence-electron chi connectivity index (χ1n) is 8.07. The van der Waals surface area contributed by atoms with Gasteiger partial charge in [0.2, 0.25) is 0 Å². The molecule has 0 bridgehead atoms. The van der Waals surface area contributed by atoms with Crippen molar-refractivity contribution in [2.24, 2.45) is 10.7 Å². The van der Waals surface area contributed by atoms with Crippen molar-refractivity contribution in [2.75, 3.05) is 37.7 Å². The topological polar surface area (TPSA) is 50.9 Å². The molecule has 23 heavy (non-hydrogen) atoms. The third-order valence-corrected chi connectivity index (χ3v) is 4.84. The number of nitrogens with zero attached hydrogens (tertiary/aromatic N) is 2. The molecule has 5 heteroatoms. The van der Waals surface area contributed by atoms with Crippen LogP contribution in [-0.4, -0.2) is 48.6 Å². The average molecular weight is 329 g/mol. The minimum absolute atomic E-state index is 0.658. The molecule has 0 radical (unpaired) electrons. The molecule has 0 atom stereocenters. The van der Waals surface area contributed by atoms with Crippen LogP contribution in [0, 0.1) is 0 Å². The quantitative estimate of drug-likeness (QED) is 0.520. The Bertz CT molecular complexity index is 668. The molecule has 0 saturated carbocycles. The summed E-state index contributed by atoms with van der Waals surface area (Å²) in [5, 5.41) is 2.44. The van der Waals surface area contributed by atoms with Crippen molar-refractivity contribution in [3.63, 3.8) is 0 Å². The standard InChI is InChI=1S/C18H23N3OS/c19-18(21-9-12-23-13-10-21)20-8-3-11-22-17-7-6-15-4-1-2-5-16(15)14-17/h1-2,4-7,14H,3,8-13H2,(H2,19,20). The van der Waals surface area contributed by atoms with Crippen molar-refractivity contribution in [1.29, 1.82) is 0 Å². The van der Waals surface area contributed by atoms with E-state index in [9.17, 15) is 0 Å². The molecular formula is C18H23N3OS. The zero-order valence-corrected chi connectivity index (χ0v) is 14.1. The van der Waals surface area contributed by atoms with Gasteiger partial charge in [0.25, 0.3) is 0 Å². The SMILES string of the molecule is NC(=NCCCOc1ccc2ccccc2c1)N1CCSCC1. The maximum Gasteiger partial charge on any atom is 0.191 e. The van der Waals surface area contributed by atoms with Crippen molar-refractivity contribution < 1.29 is 4.74 Å². The average Bonchev–Trinajstić information content (AvgIpc) is 2.62. The van der Waals surface area contributed by atoms with Gasteiger partial charge in [0.05, 0.1) is 6.61 Å². The van der Waals surface area contributed by atoms with Crippen LogP contribution in [0.5, 0.6) is 5.75 Å². The summed E-state index contributed by atoms with van der Waals surface area (Å²) < 4.78 is 5.81. The summed E-state index contributed by atoms with van der Waals surface area (Å²) in [6.45, 7) is 3.38. The van der Waals surface area contributed by atoms with E-state index in [1.807, 2.05) is 30.0 Å². The number of aliphatic imine (C=N–C) groups is 1. The summed E-state index contributed by atoms with van der Waals surface area (Å²) in [6.07, 6.45) is 0.871. The van der Waals surface area contributed by atoms with E-state index >= 15 is 0 Å². The number of fused-ring (bicyclic) bond motifs is 1. The second-order valence-corrected chi connectivity index (χ2v) is 6.78. The van der Waals surface area contributed by atoms with Gasteiger partial charge in [-0.15, -0.1) is 0 Å². The van der Waals surface area contributed by atoms with Crippen molar-refractivity contribution in [3.05, 3.63) is 42.5 Å². The van der Waals surface area contributed by atoms with E-state index in [1.54, 1.807) is 0 Å². The number of guanidine groups is 1. The van der Waals surface area contributed by atoms with E-state index in [4.69, 9.17) is 10.5 Å². The molecule has 0 amide bonds. The van der Waals surface area contributed by atoms with Crippen LogP contribution in [0.15, 0.2) is 47.5 Å². The van der Waals surface area contributed by atoms with Crippen molar-refractivity contribution in [3.8, 4) is 5.75 Å². The normalized spacial score (nSPS) is 15.8. The lowest BCUT2D eigenvalue weighted by Crippen LogP contribution is -2.42. The summed E-state index contributed by atoms with van der Waals surface area (Å²) >= 11 is 1.97. The minimum atomic E-state index is 0.658. The van der Waals surface area contributed by atoms with Gasteiger partial charge in [0, 0.05) is 37.6 Å². The summed E-state index contributed by atoms with van der Waals surface area (Å²) in [5.74, 6) is 3.87. The Morgan fingerprint density at radius 2 is 1.91 bits per heavy atom. The molecular weight excluding hydrogens is 306 g/mol. The monoisotopic (exact) mass is 329 g/mol. The smallest absolute Gasteiger partial charge is 0.191 e. The highest BCUT2D eigenvalue weighted by Gasteiger charge is 2.11. The lowest BCUT2D eigenvalue weighted by atomic mass is 10.1. The third kappa shape index (κ3) is 4.55. The van der Waals surface area contributed by atoms with Gasteiger partial charge >= 0.3 is 0 Å². The lowest BCUT2D eigenvalue weighted by Gasteiger charge is -2.27. The lowest BCUT2D eigenvalue weighted by molar-refractivity contribution is 0.313. The Kier molecular flexibility index (Phi) is 5.64. The molecule has 4 nitrogen and oxygen atoms in total. The molecule has 0 spiro atoms. The van der Waals surface area contributed by atoms with Crippen LogP contribution in [-0.2, 0) is 0 Å². The van der Waals surface area contributed by atoms with Crippen LogP contribution in [0.3, 0.4) is 0 Å². The van der Waals surface area contributed by atoms with E-state index in [1.165, 1.54) is 10.8 Å². The largest absolute Gasteiger partial charge is 0.494 e. The van der Waals surface area contributed by atoms with Crippen LogP contribution < -0.4 is 10.5 Å². The number of thioether (sulfide) groups is 1. The fraction of sp³-hybridized carbons (Fsp3) is 0.389. The van der Waals surface area contributed by atoms with Crippen LogP contribution in [0.2, 0.25) is 0 Å². The van der Waals surface area contributed by atoms with Gasteiger partial charge in [-0.2, -0.15) is 11.8 Å². The highest BCUT2D eigenvalue weighted by molar-refractivity contribution is 7.99. The molecule has 2 N–H and O–H groups in total. The highest BCUT2D eigenvalue weighted by Crippen LogP contribution is 2.20. The Morgan fingerprint density at radius 1 is 1.13 bits per heavy atom. The van der Waals surface area contributed by atoms with Gasteiger partial charge < -0.3 is 15.4 Å². The molecule has 0 unspecified atom stereocenters. The van der Waals surface area contributed by atoms with Crippen molar-refractivity contribution in [2.45, 2.75) is 6.42 Å².